The Morgan fingerprint density at radius 3 is 2.76 bits per heavy atom. The Morgan fingerprint density at radius 1 is 1.10 bits per heavy atom. The Hall–Kier alpha value is -2.30. The Balaban J connectivity index is 1.59. The molecule has 0 aliphatic carbocycles. The number of benzene rings is 1. The molecule has 0 bridgehead atoms. The molecule has 2 aromatic rings. The number of carbonyl (C=O) groups is 1. The van der Waals surface area contributed by atoms with Crippen molar-refractivity contribution in [3.8, 4) is 5.75 Å². The van der Waals surface area contributed by atoms with Gasteiger partial charge in [-0.3, -0.25) is 4.79 Å². The average Bonchev–Trinajstić information content (AvgIpc) is 3.20. The van der Waals surface area contributed by atoms with Crippen molar-refractivity contribution in [2.75, 3.05) is 19.7 Å². The number of rotatable bonds is 4. The molecular weight excluding hydrogens is 362 g/mol. The van der Waals surface area contributed by atoms with Gasteiger partial charge in [-0.2, -0.15) is 0 Å². The van der Waals surface area contributed by atoms with E-state index in [1.54, 1.807) is 0 Å². The molecule has 5 heteroatoms. The van der Waals surface area contributed by atoms with Crippen molar-refractivity contribution in [1.82, 2.24) is 14.5 Å². The maximum atomic E-state index is 12.9. The Morgan fingerprint density at radius 2 is 1.90 bits per heavy atom. The lowest BCUT2D eigenvalue weighted by molar-refractivity contribution is -0.131. The number of ether oxygens (including phenoxy) is 1. The highest BCUT2D eigenvalue weighted by molar-refractivity contribution is 5.76. The van der Waals surface area contributed by atoms with E-state index in [2.05, 4.69) is 35.5 Å². The summed E-state index contributed by atoms with van der Waals surface area (Å²) in [6.45, 7) is 6.97. The summed E-state index contributed by atoms with van der Waals surface area (Å²) in [6.07, 6.45) is 11.3. The summed E-state index contributed by atoms with van der Waals surface area (Å²) >= 11 is 0. The van der Waals surface area contributed by atoms with Crippen molar-refractivity contribution in [3.05, 3.63) is 48.0 Å². The van der Waals surface area contributed by atoms with Gasteiger partial charge in [0.15, 0.2) is 0 Å². The third-order valence-electron chi connectivity index (χ3n) is 5.65. The molecule has 0 radical (unpaired) electrons. The second-order valence-electron chi connectivity index (χ2n) is 8.24. The SMILES string of the molecule is CC(C)c1nccn1CCC(=O)N1CCCCCCCc2ccccc2OCC1. The predicted octanol–water partition coefficient (Wildman–Crippen LogP) is 4.81. The van der Waals surface area contributed by atoms with E-state index in [-0.39, 0.29) is 5.91 Å². The number of nitrogens with zero attached hydrogens (tertiary/aromatic N) is 3. The van der Waals surface area contributed by atoms with Gasteiger partial charge in [0, 0.05) is 37.8 Å². The molecule has 158 valence electrons. The van der Waals surface area contributed by atoms with E-state index in [4.69, 9.17) is 4.74 Å². The number of hydrogen-bond acceptors (Lipinski definition) is 3. The van der Waals surface area contributed by atoms with Gasteiger partial charge in [-0.15, -0.1) is 0 Å². The number of aromatic nitrogens is 2. The van der Waals surface area contributed by atoms with Crippen LogP contribution in [0.1, 0.15) is 69.7 Å². The smallest absolute Gasteiger partial charge is 0.224 e. The molecule has 2 heterocycles. The van der Waals surface area contributed by atoms with Gasteiger partial charge in [0.1, 0.15) is 18.2 Å². The average molecular weight is 398 g/mol. The quantitative estimate of drug-likeness (QED) is 0.744. The highest BCUT2D eigenvalue weighted by atomic mass is 16.5. The van der Waals surface area contributed by atoms with Crippen LogP contribution in [-0.2, 0) is 17.8 Å². The molecule has 29 heavy (non-hydrogen) atoms. The normalized spacial score (nSPS) is 16.3. The summed E-state index contributed by atoms with van der Waals surface area (Å²) in [4.78, 5) is 19.4. The Labute approximate surface area is 175 Å². The number of para-hydroxylation sites is 1. The fourth-order valence-corrected chi connectivity index (χ4v) is 4.01. The molecule has 5 nitrogen and oxygen atoms in total. The van der Waals surface area contributed by atoms with Gasteiger partial charge in [-0.1, -0.05) is 51.3 Å². The molecule has 0 N–H and O–H groups in total. The fraction of sp³-hybridized carbons (Fsp3) is 0.583. The molecular formula is C24H35N3O2. The summed E-state index contributed by atoms with van der Waals surface area (Å²) < 4.78 is 8.18. The molecule has 0 saturated heterocycles. The van der Waals surface area contributed by atoms with E-state index in [0.29, 0.717) is 32.0 Å². The van der Waals surface area contributed by atoms with E-state index < -0.39 is 0 Å². The van der Waals surface area contributed by atoms with Crippen LogP contribution in [0.15, 0.2) is 36.7 Å². The number of carbonyl (C=O) groups excluding carboxylic acids is 1. The number of hydrogen-bond donors (Lipinski definition) is 0. The molecule has 1 aliphatic heterocycles. The summed E-state index contributed by atoms with van der Waals surface area (Å²) in [6, 6.07) is 8.32. The van der Waals surface area contributed by atoms with Gasteiger partial charge in [0.2, 0.25) is 5.91 Å². The van der Waals surface area contributed by atoms with E-state index in [1.165, 1.54) is 31.2 Å². The topological polar surface area (TPSA) is 47.4 Å². The van der Waals surface area contributed by atoms with Crippen LogP contribution < -0.4 is 4.74 Å². The minimum absolute atomic E-state index is 0.208. The summed E-state index contributed by atoms with van der Waals surface area (Å²) in [5.41, 5.74) is 1.28. The first-order valence-electron chi connectivity index (χ1n) is 11.1. The molecule has 0 fully saturated rings. The molecule has 0 atom stereocenters. The zero-order valence-corrected chi connectivity index (χ0v) is 18.0. The van der Waals surface area contributed by atoms with Crippen molar-refractivity contribution in [2.45, 2.75) is 71.3 Å². The molecule has 1 aromatic carbocycles. The predicted molar refractivity (Wildman–Crippen MR) is 116 cm³/mol. The van der Waals surface area contributed by atoms with Crippen molar-refractivity contribution in [1.29, 1.82) is 0 Å². The first-order valence-corrected chi connectivity index (χ1v) is 11.1. The second-order valence-corrected chi connectivity index (χ2v) is 8.24. The zero-order valence-electron chi connectivity index (χ0n) is 18.0. The molecule has 1 aliphatic rings. The van der Waals surface area contributed by atoms with Crippen LogP contribution in [-0.4, -0.2) is 40.1 Å². The van der Waals surface area contributed by atoms with Gasteiger partial charge in [0.25, 0.3) is 0 Å². The number of amides is 1. The van der Waals surface area contributed by atoms with Crippen molar-refractivity contribution >= 4 is 5.91 Å². The summed E-state index contributed by atoms with van der Waals surface area (Å²) in [5.74, 6) is 2.58. The molecule has 3 rings (SSSR count). The maximum absolute atomic E-state index is 12.9. The van der Waals surface area contributed by atoms with Crippen molar-refractivity contribution < 1.29 is 9.53 Å². The third-order valence-corrected chi connectivity index (χ3v) is 5.65. The van der Waals surface area contributed by atoms with Crippen molar-refractivity contribution in [3.63, 3.8) is 0 Å². The van der Waals surface area contributed by atoms with Gasteiger partial charge < -0.3 is 14.2 Å². The maximum Gasteiger partial charge on any atom is 0.224 e. The third kappa shape index (κ3) is 6.34. The lowest BCUT2D eigenvalue weighted by atomic mass is 10.0. The van der Waals surface area contributed by atoms with Crippen LogP contribution in [0.4, 0.5) is 0 Å². The van der Waals surface area contributed by atoms with E-state index in [9.17, 15) is 4.79 Å². The second kappa shape index (κ2) is 11.0. The van der Waals surface area contributed by atoms with Gasteiger partial charge in [-0.25, -0.2) is 4.98 Å². The van der Waals surface area contributed by atoms with Gasteiger partial charge >= 0.3 is 0 Å². The summed E-state index contributed by atoms with van der Waals surface area (Å²) in [7, 11) is 0. The Bertz CT molecular complexity index is 769. The summed E-state index contributed by atoms with van der Waals surface area (Å²) in [5, 5.41) is 0. The van der Waals surface area contributed by atoms with Crippen LogP contribution in [0.2, 0.25) is 0 Å². The van der Waals surface area contributed by atoms with E-state index >= 15 is 0 Å². The first-order chi connectivity index (χ1) is 14.1. The Kier molecular flexibility index (Phi) is 8.14. The lowest BCUT2D eigenvalue weighted by Crippen LogP contribution is -2.36. The standard InChI is InChI=1S/C24H35N3O2/c1-20(2)24-25-14-17-27(24)16-13-23(28)26-15-9-5-3-4-6-10-21-11-7-8-12-22(21)29-19-18-26/h7-8,11-12,14,17,20H,3-6,9-10,13,15-16,18-19H2,1-2H3. The minimum atomic E-state index is 0.208. The lowest BCUT2D eigenvalue weighted by Gasteiger charge is -2.23. The fourth-order valence-electron chi connectivity index (χ4n) is 4.01. The molecule has 0 unspecified atom stereocenters. The van der Waals surface area contributed by atoms with E-state index in [1.807, 2.05) is 29.4 Å². The van der Waals surface area contributed by atoms with Crippen LogP contribution in [0.25, 0.3) is 0 Å². The monoisotopic (exact) mass is 397 g/mol. The van der Waals surface area contributed by atoms with Gasteiger partial charge in [0.05, 0.1) is 6.54 Å². The van der Waals surface area contributed by atoms with Crippen LogP contribution >= 0.6 is 0 Å². The molecule has 0 saturated carbocycles. The zero-order chi connectivity index (χ0) is 20.5. The van der Waals surface area contributed by atoms with E-state index in [0.717, 1.165) is 31.0 Å². The number of imidazole rings is 1. The highest BCUT2D eigenvalue weighted by Gasteiger charge is 2.16. The van der Waals surface area contributed by atoms with Gasteiger partial charge in [-0.05, 0) is 30.9 Å². The largest absolute Gasteiger partial charge is 0.491 e. The number of fused-ring (bicyclic) bond motifs is 1. The highest BCUT2D eigenvalue weighted by Crippen LogP contribution is 2.21. The van der Waals surface area contributed by atoms with Crippen LogP contribution in [0.5, 0.6) is 5.75 Å². The number of aryl methyl sites for hydroxylation is 2. The minimum Gasteiger partial charge on any atom is -0.491 e. The molecule has 0 spiro atoms. The van der Waals surface area contributed by atoms with Crippen LogP contribution in [0, 0.1) is 0 Å². The van der Waals surface area contributed by atoms with Crippen LogP contribution in [0.3, 0.4) is 0 Å². The first kappa shape index (κ1) is 21.4. The molecule has 1 aromatic heterocycles. The molecule has 1 amide bonds. The van der Waals surface area contributed by atoms with Crippen molar-refractivity contribution in [2.24, 2.45) is 0 Å².